The molecule has 36 heavy (non-hydrogen) atoms. The Morgan fingerprint density at radius 2 is 1.86 bits per heavy atom. The Labute approximate surface area is 214 Å². The third-order valence-corrected chi connectivity index (χ3v) is 8.81. The van der Waals surface area contributed by atoms with E-state index < -0.39 is 0 Å². The summed E-state index contributed by atoms with van der Waals surface area (Å²) in [5.74, 6) is 3.91. The molecule has 1 N–H and O–H groups in total. The normalized spacial score (nSPS) is 25.9. The number of aromatic nitrogens is 4. The number of anilines is 2. The molecule has 3 heterocycles. The molecule has 2 aliphatic carbocycles. The molecule has 9 heteroatoms. The van der Waals surface area contributed by atoms with Gasteiger partial charge in [-0.2, -0.15) is 20.2 Å². The van der Waals surface area contributed by atoms with Gasteiger partial charge >= 0.3 is 0 Å². The summed E-state index contributed by atoms with van der Waals surface area (Å²) in [6.07, 6.45) is 8.70. The van der Waals surface area contributed by atoms with E-state index in [9.17, 15) is 10.1 Å². The highest BCUT2D eigenvalue weighted by Crippen LogP contribution is 2.36. The Hall–Kier alpha value is -2.89. The zero-order chi connectivity index (χ0) is 25.4. The standard InChI is InChI=1S/C27H40N8O/c1-17-8-10-21(11-9-17)16-35-24-25(29-19(3)22-6-5-7-22)30-23(14-28)31-26(24)32-27(35)34-13-12-33(20(4)36)15-18(34)2/h17-19,21-22H,5-13,15-16H2,1-4H3,(H,29,30,31)/t17?,18-,19-,21?/m1/s1. The van der Waals surface area contributed by atoms with Crippen LogP contribution in [0.25, 0.3) is 11.2 Å². The number of nitrogens with zero attached hydrogens (tertiary/aromatic N) is 7. The first-order chi connectivity index (χ1) is 17.3. The molecule has 0 radical (unpaired) electrons. The molecule has 3 aliphatic rings. The summed E-state index contributed by atoms with van der Waals surface area (Å²) in [6, 6.07) is 2.56. The van der Waals surface area contributed by atoms with Crippen molar-refractivity contribution in [1.29, 1.82) is 5.26 Å². The number of hydrogen-bond donors (Lipinski definition) is 1. The summed E-state index contributed by atoms with van der Waals surface area (Å²) in [5.41, 5.74) is 1.50. The number of amides is 1. The molecule has 0 spiro atoms. The minimum Gasteiger partial charge on any atom is -0.365 e. The zero-order valence-electron chi connectivity index (χ0n) is 22.2. The van der Waals surface area contributed by atoms with Crippen LogP contribution in [0.4, 0.5) is 11.8 Å². The van der Waals surface area contributed by atoms with E-state index in [2.05, 4.69) is 51.6 Å². The van der Waals surface area contributed by atoms with E-state index in [4.69, 9.17) is 4.98 Å². The van der Waals surface area contributed by atoms with Gasteiger partial charge in [-0.05, 0) is 57.3 Å². The maximum atomic E-state index is 12.0. The SMILES string of the molecule is CC(=O)N1CCN(c2nc3nc(C#N)nc(N[C@H](C)C4CCC4)c3n2CC2CCC(C)CC2)[C@H](C)C1. The van der Waals surface area contributed by atoms with Gasteiger partial charge in [-0.1, -0.05) is 26.2 Å². The van der Waals surface area contributed by atoms with Gasteiger partial charge in [0, 0.05) is 45.2 Å². The molecule has 2 saturated carbocycles. The Balaban J connectivity index is 1.56. The van der Waals surface area contributed by atoms with Crippen molar-refractivity contribution in [1.82, 2.24) is 24.4 Å². The zero-order valence-corrected chi connectivity index (χ0v) is 22.2. The Morgan fingerprint density at radius 3 is 2.47 bits per heavy atom. The topological polar surface area (TPSA) is 103 Å². The highest BCUT2D eigenvalue weighted by Gasteiger charge is 2.32. The van der Waals surface area contributed by atoms with E-state index in [1.165, 1.54) is 44.9 Å². The van der Waals surface area contributed by atoms with Gasteiger partial charge < -0.3 is 19.7 Å². The van der Waals surface area contributed by atoms with Crippen molar-refractivity contribution in [3.63, 3.8) is 0 Å². The Morgan fingerprint density at radius 1 is 1.11 bits per heavy atom. The molecule has 2 atom stereocenters. The number of nitriles is 1. The molecule has 1 aliphatic heterocycles. The largest absolute Gasteiger partial charge is 0.365 e. The highest BCUT2D eigenvalue weighted by molar-refractivity contribution is 5.86. The smallest absolute Gasteiger partial charge is 0.236 e. The summed E-state index contributed by atoms with van der Waals surface area (Å²) >= 11 is 0. The minimum atomic E-state index is 0.118. The van der Waals surface area contributed by atoms with Gasteiger partial charge in [0.05, 0.1) is 0 Å². The number of imidazole rings is 1. The van der Waals surface area contributed by atoms with E-state index in [0.29, 0.717) is 30.6 Å². The first-order valence-electron chi connectivity index (χ1n) is 13.8. The van der Waals surface area contributed by atoms with E-state index >= 15 is 0 Å². The van der Waals surface area contributed by atoms with Crippen LogP contribution in [-0.4, -0.2) is 62.0 Å². The number of piperazine rings is 1. The van der Waals surface area contributed by atoms with Crippen LogP contribution in [0.2, 0.25) is 0 Å². The molecule has 0 unspecified atom stereocenters. The van der Waals surface area contributed by atoms with Crippen molar-refractivity contribution < 1.29 is 4.79 Å². The Kier molecular flexibility index (Phi) is 7.05. The monoisotopic (exact) mass is 492 g/mol. The van der Waals surface area contributed by atoms with Gasteiger partial charge in [-0.15, -0.1) is 0 Å². The van der Waals surface area contributed by atoms with Crippen LogP contribution in [0.5, 0.6) is 0 Å². The van der Waals surface area contributed by atoms with E-state index in [0.717, 1.165) is 36.3 Å². The van der Waals surface area contributed by atoms with Gasteiger partial charge in [-0.25, -0.2) is 0 Å². The molecule has 5 rings (SSSR count). The van der Waals surface area contributed by atoms with Gasteiger partial charge in [0.15, 0.2) is 11.5 Å². The third kappa shape index (κ3) is 4.87. The van der Waals surface area contributed by atoms with Crippen molar-refractivity contribution in [3.8, 4) is 6.07 Å². The summed E-state index contributed by atoms with van der Waals surface area (Å²) in [7, 11) is 0. The van der Waals surface area contributed by atoms with Gasteiger partial charge in [0.1, 0.15) is 11.6 Å². The third-order valence-electron chi connectivity index (χ3n) is 8.81. The predicted octanol–water partition coefficient (Wildman–Crippen LogP) is 4.18. The number of carbonyl (C=O) groups excluding carboxylic acids is 1. The molecule has 1 amide bonds. The lowest BCUT2D eigenvalue weighted by Gasteiger charge is -2.40. The summed E-state index contributed by atoms with van der Waals surface area (Å²) < 4.78 is 2.33. The van der Waals surface area contributed by atoms with Crippen LogP contribution in [0, 0.1) is 29.1 Å². The summed E-state index contributed by atoms with van der Waals surface area (Å²) in [6.45, 7) is 11.3. The lowest BCUT2D eigenvalue weighted by molar-refractivity contribution is -0.129. The second-order valence-corrected chi connectivity index (χ2v) is 11.5. The molecule has 2 aromatic rings. The van der Waals surface area contributed by atoms with Crippen molar-refractivity contribution >= 4 is 28.8 Å². The minimum absolute atomic E-state index is 0.118. The fourth-order valence-electron chi connectivity index (χ4n) is 6.15. The van der Waals surface area contributed by atoms with Gasteiger partial charge in [0.25, 0.3) is 0 Å². The van der Waals surface area contributed by atoms with Crippen molar-refractivity contribution in [2.45, 2.75) is 91.3 Å². The number of nitrogens with one attached hydrogen (secondary N) is 1. The molecule has 0 bridgehead atoms. The van der Waals surface area contributed by atoms with Gasteiger partial charge in [-0.3, -0.25) is 4.79 Å². The number of rotatable bonds is 6. The van der Waals surface area contributed by atoms with Crippen LogP contribution in [-0.2, 0) is 11.3 Å². The van der Waals surface area contributed by atoms with E-state index in [1.807, 2.05) is 4.90 Å². The van der Waals surface area contributed by atoms with Crippen LogP contribution in [0.3, 0.4) is 0 Å². The lowest BCUT2D eigenvalue weighted by Crippen LogP contribution is -2.54. The summed E-state index contributed by atoms with van der Waals surface area (Å²) in [4.78, 5) is 30.5. The van der Waals surface area contributed by atoms with Crippen LogP contribution >= 0.6 is 0 Å². The first kappa shape index (κ1) is 24.8. The fraction of sp³-hybridized carbons (Fsp3) is 0.741. The van der Waals surface area contributed by atoms with E-state index in [1.54, 1.807) is 6.92 Å². The van der Waals surface area contributed by atoms with Crippen molar-refractivity contribution in [2.75, 3.05) is 29.9 Å². The number of fused-ring (bicyclic) bond motifs is 1. The van der Waals surface area contributed by atoms with E-state index in [-0.39, 0.29) is 23.8 Å². The van der Waals surface area contributed by atoms with Crippen LogP contribution in [0.15, 0.2) is 0 Å². The molecular formula is C27H40N8O. The van der Waals surface area contributed by atoms with Crippen LogP contribution in [0.1, 0.15) is 78.5 Å². The molecule has 3 fully saturated rings. The second-order valence-electron chi connectivity index (χ2n) is 11.5. The molecule has 1 saturated heterocycles. The molecule has 0 aromatic carbocycles. The highest BCUT2D eigenvalue weighted by atomic mass is 16.2. The maximum absolute atomic E-state index is 12.0. The van der Waals surface area contributed by atoms with Crippen LogP contribution < -0.4 is 10.2 Å². The molecular weight excluding hydrogens is 452 g/mol. The number of hydrogen-bond acceptors (Lipinski definition) is 7. The quantitative estimate of drug-likeness (QED) is 0.645. The maximum Gasteiger partial charge on any atom is 0.236 e. The summed E-state index contributed by atoms with van der Waals surface area (Å²) in [5, 5.41) is 13.3. The molecule has 2 aromatic heterocycles. The predicted molar refractivity (Wildman–Crippen MR) is 141 cm³/mol. The van der Waals surface area contributed by atoms with Gasteiger partial charge in [0.2, 0.25) is 17.7 Å². The Bertz CT molecular complexity index is 1140. The second kappa shape index (κ2) is 10.2. The average Bonchev–Trinajstić information content (AvgIpc) is 3.17. The molecule has 9 nitrogen and oxygen atoms in total. The number of carbonyl (C=O) groups is 1. The molecule has 194 valence electrons. The first-order valence-corrected chi connectivity index (χ1v) is 13.8. The van der Waals surface area contributed by atoms with Crippen molar-refractivity contribution in [3.05, 3.63) is 5.82 Å². The lowest BCUT2D eigenvalue weighted by atomic mass is 9.80. The average molecular weight is 493 g/mol. The fourth-order valence-corrected chi connectivity index (χ4v) is 6.15. The van der Waals surface area contributed by atoms with Crippen molar-refractivity contribution in [2.24, 2.45) is 17.8 Å².